The van der Waals surface area contributed by atoms with E-state index in [2.05, 4.69) is 10.3 Å². The van der Waals surface area contributed by atoms with Crippen molar-refractivity contribution in [1.82, 2.24) is 0 Å². The van der Waals surface area contributed by atoms with Crippen LogP contribution in [0.1, 0.15) is 39.0 Å². The molecular weight excluding hydrogens is 284 g/mol. The van der Waals surface area contributed by atoms with Gasteiger partial charge in [0.1, 0.15) is 6.04 Å². The minimum absolute atomic E-state index is 0.0325. The van der Waals surface area contributed by atoms with E-state index < -0.39 is 10.6 Å². The Morgan fingerprint density at radius 3 is 2.82 bits per heavy atom. The van der Waals surface area contributed by atoms with Crippen LogP contribution in [-0.2, 0) is 4.74 Å². The molecule has 2 aliphatic rings. The Morgan fingerprint density at radius 2 is 2.14 bits per heavy atom. The van der Waals surface area contributed by atoms with E-state index in [1.165, 1.54) is 18.6 Å². The highest BCUT2D eigenvalue weighted by molar-refractivity contribution is 5.52. The molecule has 22 heavy (non-hydrogen) atoms. The van der Waals surface area contributed by atoms with Crippen molar-refractivity contribution in [1.29, 1.82) is 0 Å². The molecule has 1 fully saturated rings. The second kappa shape index (κ2) is 6.00. The van der Waals surface area contributed by atoms with Gasteiger partial charge in [-0.3, -0.25) is 10.1 Å². The molecule has 1 aromatic rings. The summed E-state index contributed by atoms with van der Waals surface area (Å²) in [4.78, 5) is 10.4. The van der Waals surface area contributed by atoms with Gasteiger partial charge in [-0.25, -0.2) is 5.01 Å². The average Bonchev–Trinajstić information content (AvgIpc) is 2.73. The van der Waals surface area contributed by atoms with E-state index in [1.54, 1.807) is 12.1 Å². The lowest BCUT2D eigenvalue weighted by Crippen LogP contribution is -2.52. The molecule has 1 aliphatic heterocycles. The Labute approximate surface area is 129 Å². The fourth-order valence-corrected chi connectivity index (χ4v) is 3.33. The number of nitro benzene ring substituents is 1. The van der Waals surface area contributed by atoms with E-state index in [0.717, 1.165) is 31.4 Å². The first-order valence-corrected chi connectivity index (χ1v) is 7.77. The largest absolute Gasteiger partial charge is 0.352 e. The third kappa shape index (κ3) is 2.45. The third-order valence-electron chi connectivity index (χ3n) is 4.37. The van der Waals surface area contributed by atoms with Crippen LogP contribution in [0.5, 0.6) is 0 Å². The number of non-ortho nitro benzene ring substituents is 1. The SMILES string of the molecule is CCOC12CCCCCC1N=NN2c1ccc([N+](=O)[O-])cc1. The molecule has 0 amide bonds. The average molecular weight is 304 g/mol. The van der Waals surface area contributed by atoms with Gasteiger partial charge in [0.15, 0.2) is 5.72 Å². The number of anilines is 1. The number of fused-ring (bicyclic) bond motifs is 1. The van der Waals surface area contributed by atoms with Crippen LogP contribution in [0.25, 0.3) is 0 Å². The van der Waals surface area contributed by atoms with Gasteiger partial charge in [-0.05, 0) is 38.3 Å². The van der Waals surface area contributed by atoms with Crippen molar-refractivity contribution in [2.24, 2.45) is 10.3 Å². The van der Waals surface area contributed by atoms with Crippen LogP contribution in [0.2, 0.25) is 0 Å². The Hall–Kier alpha value is -2.02. The van der Waals surface area contributed by atoms with Crippen molar-refractivity contribution in [3.63, 3.8) is 0 Å². The maximum Gasteiger partial charge on any atom is 0.269 e. The summed E-state index contributed by atoms with van der Waals surface area (Å²) in [6.45, 7) is 2.56. The summed E-state index contributed by atoms with van der Waals surface area (Å²) in [5, 5.41) is 21.4. The van der Waals surface area contributed by atoms with Gasteiger partial charge in [0.25, 0.3) is 5.69 Å². The third-order valence-corrected chi connectivity index (χ3v) is 4.37. The molecule has 0 radical (unpaired) electrons. The van der Waals surface area contributed by atoms with E-state index in [0.29, 0.717) is 6.61 Å². The first-order chi connectivity index (χ1) is 10.7. The molecular formula is C15H20N4O3. The zero-order chi connectivity index (χ0) is 15.6. The second-order valence-corrected chi connectivity index (χ2v) is 5.68. The smallest absolute Gasteiger partial charge is 0.269 e. The summed E-state index contributed by atoms with van der Waals surface area (Å²) in [6.07, 6.45) is 5.22. The first-order valence-electron chi connectivity index (χ1n) is 7.77. The van der Waals surface area contributed by atoms with Crippen LogP contribution in [0.4, 0.5) is 11.4 Å². The minimum Gasteiger partial charge on any atom is -0.352 e. The van der Waals surface area contributed by atoms with Gasteiger partial charge in [-0.1, -0.05) is 18.1 Å². The highest BCUT2D eigenvalue weighted by Crippen LogP contribution is 2.43. The fourth-order valence-electron chi connectivity index (χ4n) is 3.33. The molecule has 2 atom stereocenters. The van der Waals surface area contributed by atoms with Crippen LogP contribution in [0.15, 0.2) is 34.6 Å². The Balaban J connectivity index is 1.94. The number of nitrogens with zero attached hydrogens (tertiary/aromatic N) is 4. The van der Waals surface area contributed by atoms with E-state index in [-0.39, 0.29) is 11.7 Å². The maximum absolute atomic E-state index is 10.8. The number of benzene rings is 1. The van der Waals surface area contributed by atoms with Crippen LogP contribution in [0, 0.1) is 10.1 Å². The lowest BCUT2D eigenvalue weighted by atomic mass is 9.98. The zero-order valence-electron chi connectivity index (χ0n) is 12.6. The van der Waals surface area contributed by atoms with Gasteiger partial charge in [0.2, 0.25) is 0 Å². The molecule has 0 saturated heterocycles. The number of ether oxygens (including phenoxy) is 1. The molecule has 0 N–H and O–H groups in total. The lowest BCUT2D eigenvalue weighted by molar-refractivity contribution is -0.384. The van der Waals surface area contributed by atoms with Crippen molar-refractivity contribution in [3.8, 4) is 0 Å². The van der Waals surface area contributed by atoms with Crippen molar-refractivity contribution in [2.45, 2.75) is 50.8 Å². The summed E-state index contributed by atoms with van der Waals surface area (Å²) < 4.78 is 6.12. The van der Waals surface area contributed by atoms with Crippen molar-refractivity contribution >= 4 is 11.4 Å². The summed E-state index contributed by atoms with van der Waals surface area (Å²) in [7, 11) is 0. The van der Waals surface area contributed by atoms with Gasteiger partial charge in [0, 0.05) is 18.7 Å². The molecule has 1 aromatic carbocycles. The predicted octanol–water partition coefficient (Wildman–Crippen LogP) is 3.85. The molecule has 1 saturated carbocycles. The highest BCUT2D eigenvalue weighted by Gasteiger charge is 2.50. The predicted molar refractivity (Wildman–Crippen MR) is 81.7 cm³/mol. The minimum atomic E-state index is -0.540. The molecule has 7 heteroatoms. The quantitative estimate of drug-likeness (QED) is 0.625. The zero-order valence-corrected chi connectivity index (χ0v) is 12.6. The van der Waals surface area contributed by atoms with Crippen molar-refractivity contribution in [3.05, 3.63) is 34.4 Å². The summed E-state index contributed by atoms with van der Waals surface area (Å²) in [5.41, 5.74) is 0.316. The Kier molecular flexibility index (Phi) is 4.06. The van der Waals surface area contributed by atoms with E-state index >= 15 is 0 Å². The Morgan fingerprint density at radius 1 is 1.36 bits per heavy atom. The topological polar surface area (TPSA) is 80.3 Å². The van der Waals surface area contributed by atoms with Gasteiger partial charge in [0.05, 0.1) is 10.6 Å². The molecule has 0 aromatic heterocycles. The van der Waals surface area contributed by atoms with Gasteiger partial charge < -0.3 is 4.74 Å². The van der Waals surface area contributed by atoms with Crippen LogP contribution < -0.4 is 5.01 Å². The standard InChI is InChI=1S/C15H20N4O3/c1-2-22-15-11-5-3-4-6-14(15)16-17-18(15)12-7-9-13(10-8-12)19(20)21/h7-10,14H,2-6,11H2,1H3. The summed E-state index contributed by atoms with van der Waals surface area (Å²) >= 11 is 0. The second-order valence-electron chi connectivity index (χ2n) is 5.68. The van der Waals surface area contributed by atoms with Crippen LogP contribution in [-0.4, -0.2) is 23.3 Å². The van der Waals surface area contributed by atoms with Crippen molar-refractivity contribution in [2.75, 3.05) is 11.6 Å². The van der Waals surface area contributed by atoms with Gasteiger partial charge in [-0.2, -0.15) is 5.11 Å². The molecule has 118 valence electrons. The van der Waals surface area contributed by atoms with Gasteiger partial charge >= 0.3 is 0 Å². The fraction of sp³-hybridized carbons (Fsp3) is 0.600. The Bertz CT molecular complexity index is 575. The monoisotopic (exact) mass is 304 g/mol. The number of rotatable bonds is 4. The van der Waals surface area contributed by atoms with E-state index in [9.17, 15) is 10.1 Å². The highest BCUT2D eigenvalue weighted by atomic mass is 16.6. The van der Waals surface area contributed by atoms with E-state index in [4.69, 9.17) is 4.74 Å². The molecule has 1 heterocycles. The summed E-state index contributed by atoms with van der Waals surface area (Å²) in [5.74, 6) is 0. The van der Waals surface area contributed by atoms with Gasteiger partial charge in [-0.15, -0.1) is 0 Å². The maximum atomic E-state index is 10.8. The molecule has 1 aliphatic carbocycles. The van der Waals surface area contributed by atoms with Crippen LogP contribution >= 0.6 is 0 Å². The van der Waals surface area contributed by atoms with E-state index in [1.807, 2.05) is 11.9 Å². The van der Waals surface area contributed by atoms with Crippen LogP contribution in [0.3, 0.4) is 0 Å². The lowest BCUT2D eigenvalue weighted by Gasteiger charge is -2.38. The molecule has 3 rings (SSSR count). The molecule has 7 nitrogen and oxygen atoms in total. The molecule has 0 spiro atoms. The first kappa shape index (κ1) is 14.9. The summed E-state index contributed by atoms with van der Waals surface area (Å²) in [6, 6.07) is 6.45. The number of hydrogen-bond donors (Lipinski definition) is 0. The number of hydrogen-bond acceptors (Lipinski definition) is 6. The molecule has 2 unspecified atom stereocenters. The number of nitro groups is 1. The normalized spacial score (nSPS) is 27.5. The molecule has 0 bridgehead atoms. The van der Waals surface area contributed by atoms with Crippen molar-refractivity contribution < 1.29 is 9.66 Å².